The van der Waals surface area contributed by atoms with Crippen LogP contribution in [0.4, 0.5) is 11.6 Å². The zero-order valence-electron chi connectivity index (χ0n) is 10.6. The Balaban J connectivity index is 1.87. The summed E-state index contributed by atoms with van der Waals surface area (Å²) < 4.78 is 5.22. The lowest BCUT2D eigenvalue weighted by atomic mass is 9.90. The van der Waals surface area contributed by atoms with Gasteiger partial charge in [-0.25, -0.2) is 0 Å². The molecule has 0 saturated carbocycles. The van der Waals surface area contributed by atoms with Crippen molar-refractivity contribution < 1.29 is 14.3 Å². The summed E-state index contributed by atoms with van der Waals surface area (Å²) >= 11 is 0. The molecule has 0 aliphatic carbocycles. The fourth-order valence-corrected chi connectivity index (χ4v) is 2.82. The molecular formula is C15H12N2O3. The molecule has 2 aliphatic heterocycles. The number of carbonyl (C=O) groups is 1. The minimum absolute atomic E-state index is 0.275. The first-order valence-electron chi connectivity index (χ1n) is 6.46. The second-order valence-electron chi connectivity index (χ2n) is 5.00. The second kappa shape index (κ2) is 3.80. The predicted molar refractivity (Wildman–Crippen MR) is 73.5 cm³/mol. The number of fused-ring (bicyclic) bond motifs is 2. The van der Waals surface area contributed by atoms with Gasteiger partial charge in [0.25, 0.3) is 0 Å². The number of carbonyl (C=O) groups excluding carboxylic acids is 1. The number of Topliss-reactive ketones (excluding diaryl/α,β-unsaturated/α-hetero) is 1. The molecule has 3 heterocycles. The van der Waals surface area contributed by atoms with E-state index in [1.165, 1.54) is 6.26 Å². The summed E-state index contributed by atoms with van der Waals surface area (Å²) in [7, 11) is 0. The van der Waals surface area contributed by atoms with Crippen LogP contribution in [-0.2, 0) is 0 Å². The van der Waals surface area contributed by atoms with E-state index in [9.17, 15) is 9.90 Å². The molecule has 1 fully saturated rings. The van der Waals surface area contributed by atoms with E-state index in [1.807, 2.05) is 35.2 Å². The summed E-state index contributed by atoms with van der Waals surface area (Å²) in [5, 5.41) is 10.7. The Hall–Kier alpha value is -2.40. The van der Waals surface area contributed by atoms with Crippen LogP contribution in [0.5, 0.6) is 0 Å². The van der Waals surface area contributed by atoms with Gasteiger partial charge in [-0.2, -0.15) is 4.99 Å². The topological polar surface area (TPSA) is 66.0 Å². The van der Waals surface area contributed by atoms with E-state index in [1.54, 1.807) is 6.07 Å². The highest BCUT2D eigenvalue weighted by atomic mass is 16.3. The largest absolute Gasteiger partial charge is 0.446 e. The van der Waals surface area contributed by atoms with E-state index in [2.05, 4.69) is 4.99 Å². The average Bonchev–Trinajstić information content (AvgIpc) is 3.06. The van der Waals surface area contributed by atoms with Crippen molar-refractivity contribution in [2.75, 3.05) is 11.4 Å². The zero-order valence-corrected chi connectivity index (χ0v) is 10.6. The molecule has 1 saturated heterocycles. The van der Waals surface area contributed by atoms with Gasteiger partial charge in [0.1, 0.15) is 0 Å². The minimum Gasteiger partial charge on any atom is -0.446 e. The minimum atomic E-state index is -1.54. The summed E-state index contributed by atoms with van der Waals surface area (Å²) in [5.41, 5.74) is -0.275. The number of hydrogen-bond acceptors (Lipinski definition) is 5. The number of aliphatic hydroxyl groups is 1. The summed E-state index contributed by atoms with van der Waals surface area (Å²) in [5.74, 6) is 0.304. The van der Waals surface area contributed by atoms with Crippen LogP contribution in [0.3, 0.4) is 0 Å². The standard InChI is InChI=1S/C15H12N2O3/c18-12-11-6-9-20-13(11)16-14-15(12,19)7-8-17(14)10-4-2-1-3-5-10/h1-6,9,19H,7-8H2. The monoisotopic (exact) mass is 268 g/mol. The van der Waals surface area contributed by atoms with Crippen molar-refractivity contribution >= 4 is 23.2 Å². The summed E-state index contributed by atoms with van der Waals surface area (Å²) in [6, 6.07) is 11.2. The number of benzene rings is 1. The number of anilines is 1. The first-order chi connectivity index (χ1) is 9.70. The van der Waals surface area contributed by atoms with Crippen molar-refractivity contribution in [2.45, 2.75) is 12.0 Å². The first kappa shape index (κ1) is 11.4. The number of ketones is 1. The molecule has 0 bridgehead atoms. The molecular weight excluding hydrogens is 256 g/mol. The van der Waals surface area contributed by atoms with Crippen LogP contribution in [0.25, 0.3) is 0 Å². The third-order valence-corrected chi connectivity index (χ3v) is 3.86. The van der Waals surface area contributed by atoms with E-state index in [-0.39, 0.29) is 11.7 Å². The van der Waals surface area contributed by atoms with Crippen LogP contribution >= 0.6 is 0 Å². The van der Waals surface area contributed by atoms with Crippen LogP contribution in [-0.4, -0.2) is 28.9 Å². The van der Waals surface area contributed by atoms with Crippen molar-refractivity contribution in [2.24, 2.45) is 4.99 Å². The highest BCUT2D eigenvalue weighted by Gasteiger charge is 2.53. The molecule has 2 aromatic rings. The van der Waals surface area contributed by atoms with Crippen molar-refractivity contribution in [1.82, 2.24) is 0 Å². The van der Waals surface area contributed by atoms with Gasteiger partial charge in [-0.05, 0) is 18.2 Å². The lowest BCUT2D eigenvalue weighted by Crippen LogP contribution is -2.48. The van der Waals surface area contributed by atoms with E-state index < -0.39 is 5.60 Å². The van der Waals surface area contributed by atoms with Gasteiger partial charge in [0.15, 0.2) is 11.4 Å². The van der Waals surface area contributed by atoms with Gasteiger partial charge in [-0.15, -0.1) is 0 Å². The van der Waals surface area contributed by atoms with E-state index in [0.29, 0.717) is 24.4 Å². The molecule has 5 nitrogen and oxygen atoms in total. The van der Waals surface area contributed by atoms with Gasteiger partial charge in [0, 0.05) is 18.7 Å². The van der Waals surface area contributed by atoms with Crippen LogP contribution in [0, 0.1) is 0 Å². The third-order valence-electron chi connectivity index (χ3n) is 3.86. The highest BCUT2D eigenvalue weighted by molar-refractivity contribution is 6.27. The average molecular weight is 268 g/mol. The van der Waals surface area contributed by atoms with Crippen molar-refractivity contribution in [3.8, 4) is 0 Å². The lowest BCUT2D eigenvalue weighted by Gasteiger charge is -2.27. The summed E-state index contributed by atoms with van der Waals surface area (Å²) in [4.78, 5) is 18.7. The third kappa shape index (κ3) is 1.35. The maximum absolute atomic E-state index is 12.4. The van der Waals surface area contributed by atoms with E-state index >= 15 is 0 Å². The first-order valence-corrected chi connectivity index (χ1v) is 6.46. The molecule has 5 heteroatoms. The van der Waals surface area contributed by atoms with Gasteiger partial charge in [-0.1, -0.05) is 18.2 Å². The van der Waals surface area contributed by atoms with Crippen molar-refractivity contribution in [3.05, 3.63) is 48.2 Å². The highest BCUT2D eigenvalue weighted by Crippen LogP contribution is 2.39. The molecule has 1 aromatic carbocycles. The Morgan fingerprint density at radius 2 is 2.05 bits per heavy atom. The maximum atomic E-state index is 12.4. The number of aliphatic imine (C=N–C) groups is 1. The van der Waals surface area contributed by atoms with Gasteiger partial charge < -0.3 is 14.4 Å². The van der Waals surface area contributed by atoms with Gasteiger partial charge >= 0.3 is 0 Å². The molecule has 1 unspecified atom stereocenters. The molecule has 1 atom stereocenters. The smallest absolute Gasteiger partial charge is 0.231 e. The molecule has 20 heavy (non-hydrogen) atoms. The van der Waals surface area contributed by atoms with Crippen LogP contribution in [0.2, 0.25) is 0 Å². The summed E-state index contributed by atoms with van der Waals surface area (Å²) in [6.07, 6.45) is 1.76. The van der Waals surface area contributed by atoms with E-state index in [0.717, 1.165) is 5.69 Å². The second-order valence-corrected chi connectivity index (χ2v) is 5.00. The Morgan fingerprint density at radius 1 is 1.25 bits per heavy atom. The SMILES string of the molecule is O=C1c2ccoc2N=C2N(c3ccccc3)CCC12O. The summed E-state index contributed by atoms with van der Waals surface area (Å²) in [6.45, 7) is 0.551. The predicted octanol–water partition coefficient (Wildman–Crippen LogP) is 2.15. The molecule has 0 radical (unpaired) electrons. The molecule has 1 N–H and O–H groups in total. The maximum Gasteiger partial charge on any atom is 0.231 e. The normalized spacial score (nSPS) is 24.4. The van der Waals surface area contributed by atoms with E-state index in [4.69, 9.17) is 4.42 Å². The van der Waals surface area contributed by atoms with Crippen LogP contribution in [0.1, 0.15) is 16.8 Å². The molecule has 0 spiro atoms. The number of nitrogens with zero attached hydrogens (tertiary/aromatic N) is 2. The molecule has 1 aromatic heterocycles. The fourth-order valence-electron chi connectivity index (χ4n) is 2.82. The Kier molecular flexibility index (Phi) is 2.17. The quantitative estimate of drug-likeness (QED) is 0.860. The fraction of sp³-hybridized carbons (Fsp3) is 0.200. The van der Waals surface area contributed by atoms with Crippen molar-refractivity contribution in [3.63, 3.8) is 0 Å². The van der Waals surface area contributed by atoms with Gasteiger partial charge in [0.05, 0.1) is 11.8 Å². The number of amidine groups is 1. The number of para-hydroxylation sites is 1. The van der Waals surface area contributed by atoms with Crippen molar-refractivity contribution in [1.29, 1.82) is 0 Å². The van der Waals surface area contributed by atoms with Crippen LogP contribution < -0.4 is 4.90 Å². The Labute approximate surface area is 115 Å². The lowest BCUT2D eigenvalue weighted by molar-refractivity contribution is 0.0600. The Morgan fingerprint density at radius 3 is 2.85 bits per heavy atom. The number of hydrogen-bond donors (Lipinski definition) is 1. The molecule has 100 valence electrons. The van der Waals surface area contributed by atoms with Crippen LogP contribution in [0.15, 0.2) is 52.1 Å². The molecule has 2 aliphatic rings. The number of furan rings is 1. The Bertz CT molecular complexity index is 720. The zero-order chi connectivity index (χ0) is 13.7. The van der Waals surface area contributed by atoms with Gasteiger partial charge in [0.2, 0.25) is 11.7 Å². The van der Waals surface area contributed by atoms with Gasteiger partial charge in [-0.3, -0.25) is 4.79 Å². The molecule has 4 rings (SSSR count). The number of rotatable bonds is 1. The molecule has 0 amide bonds.